The molecule has 2 bridgehead atoms. The van der Waals surface area contributed by atoms with Crippen molar-refractivity contribution in [1.82, 2.24) is 9.80 Å². The van der Waals surface area contributed by atoms with Crippen LogP contribution in [0.25, 0.3) is 0 Å². The number of likely N-dealkylation sites (N-methyl/N-ethyl adjacent to an activating group) is 1. The molecule has 6 heteroatoms. The topological polar surface area (TPSA) is 70.1 Å². The molecule has 2 fully saturated rings. The predicted octanol–water partition coefficient (Wildman–Crippen LogP) is -0.195. The number of piperazine rings is 1. The van der Waals surface area contributed by atoms with Gasteiger partial charge in [0.2, 0.25) is 5.91 Å². The van der Waals surface area contributed by atoms with Crippen LogP contribution in [0.4, 0.5) is 0 Å². The summed E-state index contributed by atoms with van der Waals surface area (Å²) in [6.45, 7) is 6.16. The number of rotatable bonds is 3. The number of hydrogen-bond acceptors (Lipinski definition) is 4. The van der Waals surface area contributed by atoms with Gasteiger partial charge in [-0.05, 0) is 6.54 Å². The van der Waals surface area contributed by atoms with E-state index < -0.39 is 23.9 Å². The van der Waals surface area contributed by atoms with E-state index in [4.69, 9.17) is 4.74 Å². The largest absolute Gasteiger partial charge is 0.481 e. The molecule has 2 saturated heterocycles. The average molecular weight is 280 g/mol. The van der Waals surface area contributed by atoms with Crippen LogP contribution in [0.3, 0.4) is 0 Å². The van der Waals surface area contributed by atoms with E-state index in [0.717, 1.165) is 19.6 Å². The Labute approximate surface area is 118 Å². The molecule has 0 saturated carbocycles. The molecule has 1 amide bonds. The number of carbonyl (C=O) groups is 2. The minimum absolute atomic E-state index is 0.0648. The molecule has 3 rings (SSSR count). The van der Waals surface area contributed by atoms with Crippen LogP contribution >= 0.6 is 0 Å². The van der Waals surface area contributed by atoms with Gasteiger partial charge in [-0.25, -0.2) is 0 Å². The molecule has 1 N–H and O–H groups in total. The summed E-state index contributed by atoms with van der Waals surface area (Å²) in [5.41, 5.74) is 0. The van der Waals surface area contributed by atoms with E-state index in [2.05, 4.69) is 11.8 Å². The van der Waals surface area contributed by atoms with Crippen molar-refractivity contribution in [3.8, 4) is 0 Å². The summed E-state index contributed by atoms with van der Waals surface area (Å²) in [5.74, 6) is -2.30. The molecule has 0 spiro atoms. The lowest BCUT2D eigenvalue weighted by atomic mass is 9.82. The maximum atomic E-state index is 12.6. The van der Waals surface area contributed by atoms with Gasteiger partial charge >= 0.3 is 5.97 Å². The first-order chi connectivity index (χ1) is 9.61. The van der Waals surface area contributed by atoms with E-state index >= 15 is 0 Å². The fraction of sp³-hybridized carbons (Fsp3) is 0.714. The van der Waals surface area contributed by atoms with Gasteiger partial charge in [-0.3, -0.25) is 9.59 Å². The summed E-state index contributed by atoms with van der Waals surface area (Å²) in [7, 11) is 0. The zero-order valence-corrected chi connectivity index (χ0v) is 11.6. The predicted molar refractivity (Wildman–Crippen MR) is 71.1 cm³/mol. The fourth-order valence-electron chi connectivity index (χ4n) is 3.39. The van der Waals surface area contributed by atoms with Crippen LogP contribution in [-0.4, -0.2) is 71.7 Å². The molecule has 3 aliphatic rings. The molecule has 2 unspecified atom stereocenters. The van der Waals surface area contributed by atoms with E-state index in [-0.39, 0.29) is 12.0 Å². The number of ether oxygens (including phenoxy) is 1. The molecule has 110 valence electrons. The highest BCUT2D eigenvalue weighted by Gasteiger charge is 2.54. The van der Waals surface area contributed by atoms with E-state index in [0.29, 0.717) is 13.1 Å². The van der Waals surface area contributed by atoms with E-state index in [1.807, 2.05) is 6.08 Å². The van der Waals surface area contributed by atoms with E-state index in [9.17, 15) is 14.7 Å². The number of carbonyl (C=O) groups excluding carboxylic acids is 1. The number of hydrogen-bond donors (Lipinski definition) is 1. The molecule has 0 aliphatic carbocycles. The van der Waals surface area contributed by atoms with Gasteiger partial charge < -0.3 is 19.6 Å². The molecular weight excluding hydrogens is 260 g/mol. The SMILES string of the molecule is CCN1CCN(C(=O)C2C(C(=O)O)[C@@H]3C=C[C@H]2O3)CC1. The third-order valence-electron chi connectivity index (χ3n) is 4.60. The normalized spacial score (nSPS) is 36.5. The molecular formula is C14H20N2O4. The van der Waals surface area contributed by atoms with Crippen LogP contribution in [-0.2, 0) is 14.3 Å². The highest BCUT2D eigenvalue weighted by Crippen LogP contribution is 2.40. The lowest BCUT2D eigenvalue weighted by molar-refractivity contribution is -0.150. The second-order valence-electron chi connectivity index (χ2n) is 5.60. The van der Waals surface area contributed by atoms with E-state index in [1.54, 1.807) is 11.0 Å². The number of carboxylic acid groups (broad SMARTS) is 1. The minimum atomic E-state index is -0.938. The van der Waals surface area contributed by atoms with Gasteiger partial charge in [-0.2, -0.15) is 0 Å². The first-order valence-corrected chi connectivity index (χ1v) is 7.19. The third-order valence-corrected chi connectivity index (χ3v) is 4.60. The van der Waals surface area contributed by atoms with Crippen molar-refractivity contribution in [2.75, 3.05) is 32.7 Å². The number of fused-ring (bicyclic) bond motifs is 2. The molecule has 3 heterocycles. The Balaban J connectivity index is 1.71. The Kier molecular flexibility index (Phi) is 3.52. The summed E-state index contributed by atoms with van der Waals surface area (Å²) in [6, 6.07) is 0. The van der Waals surface area contributed by atoms with Crippen LogP contribution < -0.4 is 0 Å². The van der Waals surface area contributed by atoms with Crippen molar-refractivity contribution in [2.24, 2.45) is 11.8 Å². The number of carboxylic acids is 1. The van der Waals surface area contributed by atoms with Gasteiger partial charge in [0.25, 0.3) is 0 Å². The van der Waals surface area contributed by atoms with Gasteiger partial charge in [-0.15, -0.1) is 0 Å². The van der Waals surface area contributed by atoms with Crippen LogP contribution in [0.15, 0.2) is 12.2 Å². The lowest BCUT2D eigenvalue weighted by Crippen LogP contribution is -2.52. The van der Waals surface area contributed by atoms with Gasteiger partial charge in [0.1, 0.15) is 5.92 Å². The molecule has 3 aliphatic heterocycles. The van der Waals surface area contributed by atoms with Crippen LogP contribution in [0, 0.1) is 11.8 Å². The van der Waals surface area contributed by atoms with Crippen LogP contribution in [0.1, 0.15) is 6.92 Å². The highest BCUT2D eigenvalue weighted by atomic mass is 16.5. The summed E-state index contributed by atoms with van der Waals surface area (Å²) in [6.07, 6.45) is 2.79. The molecule has 0 aromatic carbocycles. The fourth-order valence-corrected chi connectivity index (χ4v) is 3.39. The molecule has 0 aromatic heterocycles. The zero-order valence-electron chi connectivity index (χ0n) is 11.6. The average Bonchev–Trinajstić information content (AvgIpc) is 3.07. The van der Waals surface area contributed by atoms with Gasteiger partial charge in [-0.1, -0.05) is 19.1 Å². The maximum Gasteiger partial charge on any atom is 0.310 e. The van der Waals surface area contributed by atoms with Gasteiger partial charge in [0.05, 0.1) is 18.1 Å². The molecule has 4 atom stereocenters. The molecule has 0 radical (unpaired) electrons. The Morgan fingerprint density at radius 2 is 1.75 bits per heavy atom. The Morgan fingerprint density at radius 3 is 2.30 bits per heavy atom. The van der Waals surface area contributed by atoms with Crippen molar-refractivity contribution in [3.05, 3.63) is 12.2 Å². The smallest absolute Gasteiger partial charge is 0.310 e. The number of nitrogens with zero attached hydrogens (tertiary/aromatic N) is 2. The van der Waals surface area contributed by atoms with Crippen molar-refractivity contribution < 1.29 is 19.4 Å². The second kappa shape index (κ2) is 5.18. The van der Waals surface area contributed by atoms with Gasteiger partial charge in [0, 0.05) is 26.2 Å². The maximum absolute atomic E-state index is 12.6. The lowest BCUT2D eigenvalue weighted by Gasteiger charge is -2.36. The zero-order chi connectivity index (χ0) is 14.3. The van der Waals surface area contributed by atoms with Crippen molar-refractivity contribution >= 4 is 11.9 Å². The quantitative estimate of drug-likeness (QED) is 0.725. The Bertz CT molecular complexity index is 442. The Hall–Kier alpha value is -1.40. The van der Waals surface area contributed by atoms with Crippen LogP contribution in [0.2, 0.25) is 0 Å². The second-order valence-corrected chi connectivity index (χ2v) is 5.60. The molecule has 20 heavy (non-hydrogen) atoms. The summed E-state index contributed by atoms with van der Waals surface area (Å²) in [4.78, 5) is 28.1. The molecule has 0 aromatic rings. The number of aliphatic carboxylic acids is 1. The van der Waals surface area contributed by atoms with Crippen molar-refractivity contribution in [1.29, 1.82) is 0 Å². The first-order valence-electron chi connectivity index (χ1n) is 7.19. The first kappa shape index (κ1) is 13.6. The summed E-state index contributed by atoms with van der Waals surface area (Å²) in [5, 5.41) is 9.34. The van der Waals surface area contributed by atoms with Crippen molar-refractivity contribution in [2.45, 2.75) is 19.1 Å². The van der Waals surface area contributed by atoms with Crippen molar-refractivity contribution in [3.63, 3.8) is 0 Å². The summed E-state index contributed by atoms with van der Waals surface area (Å²) >= 11 is 0. The van der Waals surface area contributed by atoms with Gasteiger partial charge in [0.15, 0.2) is 0 Å². The number of amides is 1. The third kappa shape index (κ3) is 2.13. The van der Waals surface area contributed by atoms with Crippen LogP contribution in [0.5, 0.6) is 0 Å². The van der Waals surface area contributed by atoms with E-state index in [1.165, 1.54) is 0 Å². The Morgan fingerprint density at radius 1 is 1.15 bits per heavy atom. The highest BCUT2D eigenvalue weighted by molar-refractivity contribution is 5.87. The summed E-state index contributed by atoms with van der Waals surface area (Å²) < 4.78 is 5.56. The molecule has 6 nitrogen and oxygen atoms in total. The monoisotopic (exact) mass is 280 g/mol. The minimum Gasteiger partial charge on any atom is -0.481 e. The standard InChI is InChI=1S/C14H20N2O4/c1-2-15-5-7-16(8-6-15)13(17)11-9-3-4-10(20-9)12(11)14(18)19/h3-4,9-12H,2,5-8H2,1H3,(H,18,19)/t9-,10+,11?,12?/m1/s1.